The maximum absolute atomic E-state index is 12.9. The highest BCUT2D eigenvalue weighted by Gasteiger charge is 2.20. The number of aliphatic hydroxyl groups is 1. The van der Waals surface area contributed by atoms with Crippen molar-refractivity contribution in [2.75, 3.05) is 19.0 Å². The van der Waals surface area contributed by atoms with Crippen LogP contribution in [0.1, 0.15) is 13.3 Å². The monoisotopic (exact) mass is 413 g/mol. The van der Waals surface area contributed by atoms with Gasteiger partial charge in [-0.05, 0) is 37.6 Å². The van der Waals surface area contributed by atoms with Crippen molar-refractivity contribution in [1.82, 2.24) is 9.55 Å². The molecule has 3 rings (SSSR count). The Bertz CT molecular complexity index is 1070. The Kier molecular flexibility index (Phi) is 6.90. The smallest absolute Gasteiger partial charge is 0.262 e. The van der Waals surface area contributed by atoms with Crippen LogP contribution < -0.4 is 15.6 Å². The fourth-order valence-corrected chi connectivity index (χ4v) is 3.79. The van der Waals surface area contributed by atoms with E-state index in [1.807, 2.05) is 18.2 Å². The van der Waals surface area contributed by atoms with Gasteiger partial charge in [0.2, 0.25) is 5.91 Å². The Labute approximate surface area is 172 Å². The number of carbonyl (C=O) groups excluding carboxylic acids is 1. The van der Waals surface area contributed by atoms with Gasteiger partial charge in [-0.15, -0.1) is 0 Å². The second kappa shape index (κ2) is 9.58. The standard InChI is InChI=1S/C21H23N3O4S/c1-14(19(26)22-17-10-5-6-11-18(17)28-2)29-21-23-16-9-4-3-8-15(16)20(27)24(21)12-7-13-25/h3-6,8-11,14,25H,7,12-13H2,1-2H3,(H,22,26)/t14-/m1/s1. The first-order valence-electron chi connectivity index (χ1n) is 9.26. The Morgan fingerprint density at radius 3 is 2.72 bits per heavy atom. The van der Waals surface area contributed by atoms with Gasteiger partial charge in [-0.25, -0.2) is 4.98 Å². The molecule has 0 radical (unpaired) electrons. The molecule has 152 valence electrons. The van der Waals surface area contributed by atoms with Gasteiger partial charge in [-0.3, -0.25) is 14.2 Å². The first-order chi connectivity index (χ1) is 14.0. The van der Waals surface area contributed by atoms with Gasteiger partial charge in [0, 0.05) is 13.2 Å². The number of nitrogens with one attached hydrogen (secondary N) is 1. The maximum Gasteiger partial charge on any atom is 0.262 e. The van der Waals surface area contributed by atoms with Crippen molar-refractivity contribution in [2.45, 2.75) is 30.3 Å². The molecule has 0 saturated heterocycles. The highest BCUT2D eigenvalue weighted by molar-refractivity contribution is 8.00. The van der Waals surface area contributed by atoms with Crippen molar-refractivity contribution in [2.24, 2.45) is 0 Å². The predicted molar refractivity (Wildman–Crippen MR) is 115 cm³/mol. The molecule has 7 nitrogen and oxygen atoms in total. The summed E-state index contributed by atoms with van der Waals surface area (Å²) in [4.78, 5) is 30.2. The van der Waals surface area contributed by atoms with Crippen LogP contribution in [0.25, 0.3) is 10.9 Å². The largest absolute Gasteiger partial charge is 0.495 e. The summed E-state index contributed by atoms with van der Waals surface area (Å²) < 4.78 is 6.79. The first-order valence-corrected chi connectivity index (χ1v) is 10.1. The van der Waals surface area contributed by atoms with Gasteiger partial charge in [0.05, 0.1) is 29.0 Å². The first kappa shape index (κ1) is 20.9. The molecule has 0 fully saturated rings. The maximum atomic E-state index is 12.9. The lowest BCUT2D eigenvalue weighted by Crippen LogP contribution is -2.27. The second-order valence-electron chi connectivity index (χ2n) is 6.40. The van der Waals surface area contributed by atoms with Crippen molar-refractivity contribution in [3.05, 3.63) is 58.9 Å². The van der Waals surface area contributed by atoms with E-state index in [0.717, 1.165) is 0 Å². The van der Waals surface area contributed by atoms with E-state index in [4.69, 9.17) is 4.74 Å². The number of hydrogen-bond donors (Lipinski definition) is 2. The van der Waals surface area contributed by atoms with Gasteiger partial charge in [0.1, 0.15) is 5.75 Å². The molecule has 0 saturated carbocycles. The molecule has 2 aromatic carbocycles. The van der Waals surface area contributed by atoms with Crippen LogP contribution in [0.3, 0.4) is 0 Å². The number of aliphatic hydroxyl groups excluding tert-OH is 1. The number of ether oxygens (including phenoxy) is 1. The topological polar surface area (TPSA) is 93.5 Å². The number of aromatic nitrogens is 2. The minimum atomic E-state index is -0.506. The molecule has 1 heterocycles. The Balaban J connectivity index is 1.87. The summed E-state index contributed by atoms with van der Waals surface area (Å²) in [5.74, 6) is 0.345. The van der Waals surface area contributed by atoms with Crippen LogP contribution >= 0.6 is 11.8 Å². The SMILES string of the molecule is COc1ccccc1NC(=O)[C@@H](C)Sc1nc2ccccc2c(=O)n1CCCO. The van der Waals surface area contributed by atoms with E-state index in [0.29, 0.717) is 40.5 Å². The third-order valence-electron chi connectivity index (χ3n) is 4.38. The van der Waals surface area contributed by atoms with Gasteiger partial charge in [-0.1, -0.05) is 36.0 Å². The number of methoxy groups -OCH3 is 1. The molecule has 0 aliphatic rings. The van der Waals surface area contributed by atoms with Crippen LogP contribution in [0.15, 0.2) is 58.5 Å². The molecule has 2 N–H and O–H groups in total. The molecule has 0 aliphatic carbocycles. The number of benzene rings is 2. The summed E-state index contributed by atoms with van der Waals surface area (Å²) in [7, 11) is 1.54. The van der Waals surface area contributed by atoms with Gasteiger partial charge < -0.3 is 15.2 Å². The van der Waals surface area contributed by atoms with Crippen LogP contribution in [0.4, 0.5) is 5.69 Å². The fourth-order valence-electron chi connectivity index (χ4n) is 2.86. The van der Waals surface area contributed by atoms with Gasteiger partial charge >= 0.3 is 0 Å². The molecule has 0 spiro atoms. The summed E-state index contributed by atoms with van der Waals surface area (Å²) in [5, 5.41) is 12.5. The number of hydrogen-bond acceptors (Lipinski definition) is 6. The van der Waals surface area contributed by atoms with Crippen LogP contribution in [0.2, 0.25) is 0 Å². The molecule has 1 atom stereocenters. The highest BCUT2D eigenvalue weighted by atomic mass is 32.2. The van der Waals surface area contributed by atoms with Gasteiger partial charge in [-0.2, -0.15) is 0 Å². The summed E-state index contributed by atoms with van der Waals surface area (Å²) in [6, 6.07) is 14.3. The lowest BCUT2D eigenvalue weighted by Gasteiger charge is -2.17. The van der Waals surface area contributed by atoms with Gasteiger partial charge in [0.25, 0.3) is 5.56 Å². The molecule has 8 heteroatoms. The van der Waals surface area contributed by atoms with E-state index in [1.165, 1.54) is 16.3 Å². The number of thioether (sulfide) groups is 1. The lowest BCUT2D eigenvalue weighted by atomic mass is 10.2. The number of amides is 1. The average Bonchev–Trinajstić information content (AvgIpc) is 2.74. The summed E-state index contributed by atoms with van der Waals surface area (Å²) in [6.45, 7) is 2.05. The average molecular weight is 413 g/mol. The zero-order valence-corrected chi connectivity index (χ0v) is 17.1. The number of anilines is 1. The molecule has 0 unspecified atom stereocenters. The summed E-state index contributed by atoms with van der Waals surface area (Å²) >= 11 is 1.21. The van der Waals surface area contributed by atoms with E-state index >= 15 is 0 Å². The molecular weight excluding hydrogens is 390 g/mol. The van der Waals surface area contributed by atoms with E-state index < -0.39 is 5.25 Å². The van der Waals surface area contributed by atoms with E-state index in [9.17, 15) is 14.7 Å². The van der Waals surface area contributed by atoms with Crippen LogP contribution in [0.5, 0.6) is 5.75 Å². The minimum Gasteiger partial charge on any atom is -0.495 e. The van der Waals surface area contributed by atoms with Crippen LogP contribution in [-0.2, 0) is 11.3 Å². The molecule has 1 aromatic heterocycles. The summed E-state index contributed by atoms with van der Waals surface area (Å²) in [6.07, 6.45) is 0.426. The molecule has 29 heavy (non-hydrogen) atoms. The van der Waals surface area contributed by atoms with Crippen molar-refractivity contribution < 1.29 is 14.6 Å². The predicted octanol–water partition coefficient (Wildman–Crippen LogP) is 2.91. The number of nitrogens with zero attached hydrogens (tertiary/aromatic N) is 2. The minimum absolute atomic E-state index is 0.0345. The number of carbonyl (C=O) groups is 1. The lowest BCUT2D eigenvalue weighted by molar-refractivity contribution is -0.115. The third kappa shape index (κ3) is 4.78. The van der Waals surface area contributed by atoms with Crippen molar-refractivity contribution in [3.8, 4) is 5.75 Å². The fraction of sp³-hybridized carbons (Fsp3) is 0.286. The molecule has 0 bridgehead atoms. The number of fused-ring (bicyclic) bond motifs is 1. The highest BCUT2D eigenvalue weighted by Crippen LogP contribution is 2.27. The second-order valence-corrected chi connectivity index (χ2v) is 7.70. The van der Waals surface area contributed by atoms with E-state index in [2.05, 4.69) is 10.3 Å². The normalized spacial score (nSPS) is 12.0. The Morgan fingerprint density at radius 1 is 1.24 bits per heavy atom. The Morgan fingerprint density at radius 2 is 1.97 bits per heavy atom. The van der Waals surface area contributed by atoms with E-state index in [-0.39, 0.29) is 18.1 Å². The van der Waals surface area contributed by atoms with Gasteiger partial charge in [0.15, 0.2) is 5.16 Å². The molecular formula is C21H23N3O4S. The van der Waals surface area contributed by atoms with Crippen LogP contribution in [-0.4, -0.2) is 39.5 Å². The molecule has 3 aromatic rings. The van der Waals surface area contributed by atoms with Crippen LogP contribution in [0, 0.1) is 0 Å². The zero-order valence-electron chi connectivity index (χ0n) is 16.3. The number of para-hydroxylation sites is 3. The summed E-state index contributed by atoms with van der Waals surface area (Å²) in [5.41, 5.74) is 0.984. The molecule has 1 amide bonds. The van der Waals surface area contributed by atoms with E-state index in [1.54, 1.807) is 44.4 Å². The quantitative estimate of drug-likeness (QED) is 0.436. The zero-order chi connectivity index (χ0) is 20.8. The van der Waals surface area contributed by atoms with Crippen molar-refractivity contribution >= 4 is 34.3 Å². The van der Waals surface area contributed by atoms with Crippen molar-refractivity contribution in [3.63, 3.8) is 0 Å². The Hall–Kier alpha value is -2.84. The molecule has 0 aliphatic heterocycles. The third-order valence-corrected chi connectivity index (χ3v) is 5.47. The van der Waals surface area contributed by atoms with Crippen molar-refractivity contribution in [1.29, 1.82) is 0 Å². The number of rotatable bonds is 8.